The van der Waals surface area contributed by atoms with Gasteiger partial charge in [-0.2, -0.15) is 5.10 Å². The number of carbonyl (C=O) groups excluding carboxylic acids is 1. The molecule has 0 bridgehead atoms. The maximum absolute atomic E-state index is 13.9. The minimum absolute atomic E-state index is 0.0781. The van der Waals surface area contributed by atoms with Crippen molar-refractivity contribution in [3.8, 4) is 0 Å². The van der Waals surface area contributed by atoms with Crippen LogP contribution >= 0.6 is 0 Å². The van der Waals surface area contributed by atoms with Crippen LogP contribution in [0.3, 0.4) is 0 Å². The van der Waals surface area contributed by atoms with E-state index < -0.39 is 34.0 Å². The van der Waals surface area contributed by atoms with Crippen molar-refractivity contribution in [1.82, 2.24) is 19.6 Å². The first kappa shape index (κ1) is 27.8. The first-order valence-electron chi connectivity index (χ1n) is 13.9. The number of hydrogen-bond acceptors (Lipinski definition) is 9. The molecule has 0 aromatic carbocycles. The van der Waals surface area contributed by atoms with Crippen LogP contribution in [-0.4, -0.2) is 83.5 Å². The number of anilines is 3. The molecule has 2 saturated heterocycles. The number of aryl methyl sites for hydroxylation is 1. The van der Waals surface area contributed by atoms with Gasteiger partial charge in [-0.15, -0.1) is 0 Å². The van der Waals surface area contributed by atoms with E-state index >= 15 is 0 Å². The molecule has 2 N–H and O–H groups in total. The van der Waals surface area contributed by atoms with Gasteiger partial charge < -0.3 is 20.2 Å². The molecule has 1 aliphatic carbocycles. The minimum Gasteiger partial charge on any atom is -0.395 e. The summed E-state index contributed by atoms with van der Waals surface area (Å²) >= 11 is 0. The third-order valence-electron chi connectivity index (χ3n) is 8.54. The number of hydrogen-bond donors (Lipinski definition) is 2. The van der Waals surface area contributed by atoms with Crippen molar-refractivity contribution in [1.29, 1.82) is 0 Å². The molecule has 0 atom stereocenters. The van der Waals surface area contributed by atoms with Crippen molar-refractivity contribution in [2.24, 2.45) is 5.41 Å². The van der Waals surface area contributed by atoms with Gasteiger partial charge in [0.05, 0.1) is 18.0 Å². The van der Waals surface area contributed by atoms with Crippen molar-refractivity contribution >= 4 is 38.7 Å². The zero-order valence-corrected chi connectivity index (χ0v) is 23.6. The second-order valence-corrected chi connectivity index (χ2v) is 13.5. The lowest BCUT2D eigenvalue weighted by Crippen LogP contribution is -2.39. The zero-order valence-electron chi connectivity index (χ0n) is 22.8. The van der Waals surface area contributed by atoms with Crippen LogP contribution in [-0.2, 0) is 9.84 Å². The summed E-state index contributed by atoms with van der Waals surface area (Å²) < 4.78 is 54.8. The molecule has 2 aliphatic heterocycles. The van der Waals surface area contributed by atoms with Crippen LogP contribution in [0.25, 0.3) is 5.65 Å². The summed E-state index contributed by atoms with van der Waals surface area (Å²) in [6.45, 7) is 2.92. The van der Waals surface area contributed by atoms with E-state index in [0.29, 0.717) is 30.0 Å². The van der Waals surface area contributed by atoms with Crippen LogP contribution in [0.4, 0.5) is 26.1 Å². The molecule has 0 unspecified atom stereocenters. The van der Waals surface area contributed by atoms with E-state index in [1.54, 1.807) is 17.0 Å². The van der Waals surface area contributed by atoms with E-state index in [0.717, 1.165) is 22.9 Å². The van der Waals surface area contributed by atoms with E-state index in [2.05, 4.69) is 20.4 Å². The highest BCUT2D eigenvalue weighted by molar-refractivity contribution is 7.91. The van der Waals surface area contributed by atoms with Gasteiger partial charge in [-0.1, -0.05) is 0 Å². The van der Waals surface area contributed by atoms with Gasteiger partial charge in [0.2, 0.25) is 0 Å². The molecular weight excluding hydrogens is 556 g/mol. The Morgan fingerprint density at radius 1 is 1.02 bits per heavy atom. The first-order chi connectivity index (χ1) is 19.5. The number of nitrogens with zero attached hydrogens (tertiary/aromatic N) is 6. The average molecular weight is 590 g/mol. The Labute approximate surface area is 236 Å². The Morgan fingerprint density at radius 3 is 2.37 bits per heavy atom. The quantitative estimate of drug-likeness (QED) is 0.427. The van der Waals surface area contributed by atoms with Crippen molar-refractivity contribution < 1.29 is 27.1 Å². The topological polar surface area (TPSA) is 133 Å². The van der Waals surface area contributed by atoms with Crippen LogP contribution in [0.15, 0.2) is 29.6 Å². The molecule has 220 valence electrons. The van der Waals surface area contributed by atoms with Gasteiger partial charge in [0, 0.05) is 39.0 Å². The number of carbonyl (C=O) groups is 1. The number of fused-ring (bicyclic) bond motifs is 1. The van der Waals surface area contributed by atoms with Gasteiger partial charge in [-0.3, -0.25) is 4.79 Å². The number of aromatic nitrogens is 4. The van der Waals surface area contributed by atoms with Crippen LogP contribution in [0.2, 0.25) is 0 Å². The first-order valence-corrected chi connectivity index (χ1v) is 15.5. The molecule has 3 aliphatic rings. The van der Waals surface area contributed by atoms with Crippen molar-refractivity contribution in [2.75, 3.05) is 53.7 Å². The number of nitrogens with one attached hydrogen (secondary N) is 1. The molecule has 3 aromatic rings. The van der Waals surface area contributed by atoms with Crippen LogP contribution < -0.4 is 15.1 Å². The standard InChI is InChI=1S/C27H33F2N7O4S/c1-18-14-20(32-21(15-18)35-10-6-27(28,29)7-11-35)33-25(38)23-19(34-8-4-26(2-3-26)5-9-34)16-22(41(39,40)13-12-37)36-24(23)30-17-31-36/h14-17,37H,2-13H2,1H3,(H,32,33,38). The summed E-state index contributed by atoms with van der Waals surface area (Å²) in [4.78, 5) is 26.6. The van der Waals surface area contributed by atoms with Gasteiger partial charge in [0.25, 0.3) is 11.8 Å². The summed E-state index contributed by atoms with van der Waals surface area (Å²) in [5.74, 6) is -2.97. The molecule has 1 saturated carbocycles. The van der Waals surface area contributed by atoms with Gasteiger partial charge in [-0.05, 0) is 61.8 Å². The van der Waals surface area contributed by atoms with Crippen molar-refractivity contribution in [3.05, 3.63) is 35.7 Å². The normalized spacial score (nSPS) is 20.0. The molecule has 1 spiro atoms. The van der Waals surface area contributed by atoms with Crippen LogP contribution in [0.1, 0.15) is 54.4 Å². The molecule has 5 heterocycles. The second kappa shape index (κ2) is 10.2. The molecule has 6 rings (SSSR count). The third-order valence-corrected chi connectivity index (χ3v) is 10.2. The highest BCUT2D eigenvalue weighted by atomic mass is 32.2. The largest absolute Gasteiger partial charge is 0.395 e. The maximum Gasteiger partial charge on any atom is 0.262 e. The molecule has 14 heteroatoms. The highest BCUT2D eigenvalue weighted by Crippen LogP contribution is 2.54. The number of halogens is 2. The fourth-order valence-electron chi connectivity index (χ4n) is 5.87. The molecule has 11 nitrogen and oxygen atoms in total. The van der Waals surface area contributed by atoms with Gasteiger partial charge >= 0.3 is 0 Å². The predicted molar refractivity (Wildman–Crippen MR) is 149 cm³/mol. The van der Waals surface area contributed by atoms with E-state index in [9.17, 15) is 27.1 Å². The number of aliphatic hydroxyl groups excluding tert-OH is 1. The second-order valence-electron chi connectivity index (χ2n) is 11.5. The van der Waals surface area contributed by atoms with E-state index in [1.807, 2.05) is 11.8 Å². The maximum atomic E-state index is 13.9. The van der Waals surface area contributed by atoms with Gasteiger partial charge in [0.15, 0.2) is 20.5 Å². The van der Waals surface area contributed by atoms with Crippen molar-refractivity contribution in [2.45, 2.75) is 56.4 Å². The lowest BCUT2D eigenvalue weighted by atomic mass is 9.93. The highest BCUT2D eigenvalue weighted by Gasteiger charge is 2.45. The lowest BCUT2D eigenvalue weighted by Gasteiger charge is -2.35. The Bertz CT molecular complexity index is 1590. The Morgan fingerprint density at radius 2 is 1.71 bits per heavy atom. The predicted octanol–water partition coefficient (Wildman–Crippen LogP) is 3.07. The van der Waals surface area contributed by atoms with Gasteiger partial charge in [-0.25, -0.2) is 31.7 Å². The summed E-state index contributed by atoms with van der Waals surface area (Å²) in [7, 11) is -3.93. The van der Waals surface area contributed by atoms with Crippen molar-refractivity contribution in [3.63, 3.8) is 0 Å². The van der Waals surface area contributed by atoms with Crippen LogP contribution in [0, 0.1) is 12.3 Å². The fourth-order valence-corrected chi connectivity index (χ4v) is 7.00. The number of sulfone groups is 1. The molecular formula is C27H33F2N7O4S. The van der Waals surface area contributed by atoms with E-state index in [-0.39, 0.29) is 48.0 Å². The molecule has 3 aromatic heterocycles. The van der Waals surface area contributed by atoms with Crippen LogP contribution in [0.5, 0.6) is 0 Å². The Balaban J connectivity index is 1.37. The number of pyridine rings is 2. The summed E-state index contributed by atoms with van der Waals surface area (Å²) in [6.07, 6.45) is 4.93. The smallest absolute Gasteiger partial charge is 0.262 e. The van der Waals surface area contributed by atoms with E-state index in [1.165, 1.54) is 25.2 Å². The number of amides is 1. The molecule has 1 amide bonds. The molecule has 3 fully saturated rings. The average Bonchev–Trinajstić information content (AvgIpc) is 3.48. The number of rotatable bonds is 7. The number of piperidine rings is 2. The third kappa shape index (κ3) is 5.46. The lowest BCUT2D eigenvalue weighted by molar-refractivity contribution is -0.0221. The SMILES string of the molecule is Cc1cc(NC(=O)c2c(N3CCC4(CC3)CC4)cc(S(=O)(=O)CCO)n3ncnc23)nc(N2CCC(F)(F)CC2)c1. The Kier molecular flexibility index (Phi) is 6.88. The Hall–Kier alpha value is -3.39. The number of aliphatic hydroxyl groups is 1. The molecule has 41 heavy (non-hydrogen) atoms. The summed E-state index contributed by atoms with van der Waals surface area (Å²) in [5, 5.41) is 16.2. The number of alkyl halides is 2. The van der Waals surface area contributed by atoms with Gasteiger partial charge in [0.1, 0.15) is 23.5 Å². The summed E-state index contributed by atoms with van der Waals surface area (Å²) in [6, 6.07) is 4.94. The fraction of sp³-hybridized carbons (Fsp3) is 0.556. The summed E-state index contributed by atoms with van der Waals surface area (Å²) in [5.41, 5.74) is 1.83. The van der Waals surface area contributed by atoms with E-state index in [4.69, 9.17) is 0 Å². The zero-order chi connectivity index (χ0) is 29.0. The minimum atomic E-state index is -3.93. The molecule has 0 radical (unpaired) electrons. The monoisotopic (exact) mass is 589 g/mol.